The number of benzene rings is 1. The van der Waals surface area contributed by atoms with Gasteiger partial charge in [0.2, 0.25) is 5.91 Å². The van der Waals surface area contributed by atoms with Gasteiger partial charge in [-0.15, -0.1) is 0 Å². The number of carboxylic acids is 1. The fraction of sp³-hybridized carbons (Fsp3) is 0.579. The quantitative estimate of drug-likeness (QED) is 0.757. The first-order valence-electron chi connectivity index (χ1n) is 9.05. The standard InChI is InChI=1S/C19H28ClN3O3/c1-14(19(26)21-12-15-6-3-4-8-17(15)20)23-10-5-7-16(9-11-23)22(2)13-18(24)25/h3-4,6,8,14,16H,5,7,9-13H2,1-2H3,(H,21,26)(H,24,25). The zero-order valence-electron chi connectivity index (χ0n) is 15.4. The van der Waals surface area contributed by atoms with Gasteiger partial charge in [-0.3, -0.25) is 19.4 Å². The lowest BCUT2D eigenvalue weighted by atomic mass is 10.1. The van der Waals surface area contributed by atoms with Crippen LogP contribution in [0.25, 0.3) is 0 Å². The van der Waals surface area contributed by atoms with Crippen LogP contribution in [0.1, 0.15) is 31.7 Å². The van der Waals surface area contributed by atoms with Crippen molar-refractivity contribution in [1.82, 2.24) is 15.1 Å². The second-order valence-electron chi connectivity index (χ2n) is 6.91. The number of aliphatic carboxylic acids is 1. The molecule has 0 spiro atoms. The molecule has 1 aromatic carbocycles. The van der Waals surface area contributed by atoms with E-state index in [2.05, 4.69) is 10.2 Å². The molecule has 1 amide bonds. The largest absolute Gasteiger partial charge is 0.480 e. The monoisotopic (exact) mass is 381 g/mol. The van der Waals surface area contributed by atoms with E-state index in [0.717, 1.165) is 37.9 Å². The van der Waals surface area contributed by atoms with Gasteiger partial charge in [0.15, 0.2) is 0 Å². The van der Waals surface area contributed by atoms with E-state index in [1.165, 1.54) is 0 Å². The number of nitrogens with one attached hydrogen (secondary N) is 1. The summed E-state index contributed by atoms with van der Waals surface area (Å²) in [6.45, 7) is 4.02. The van der Waals surface area contributed by atoms with E-state index in [4.69, 9.17) is 16.7 Å². The summed E-state index contributed by atoms with van der Waals surface area (Å²) in [5.74, 6) is -0.816. The highest BCUT2D eigenvalue weighted by molar-refractivity contribution is 6.31. The van der Waals surface area contributed by atoms with Gasteiger partial charge in [0.05, 0.1) is 12.6 Å². The Bertz CT molecular complexity index is 626. The highest BCUT2D eigenvalue weighted by Crippen LogP contribution is 2.18. The molecule has 2 N–H and O–H groups in total. The van der Waals surface area contributed by atoms with Crippen LogP contribution in [0, 0.1) is 0 Å². The Kier molecular flexibility index (Phi) is 7.87. The summed E-state index contributed by atoms with van der Waals surface area (Å²) in [4.78, 5) is 27.5. The summed E-state index contributed by atoms with van der Waals surface area (Å²) in [5, 5.41) is 12.6. The summed E-state index contributed by atoms with van der Waals surface area (Å²) in [6.07, 6.45) is 2.77. The molecule has 0 saturated carbocycles. The number of hydrogen-bond acceptors (Lipinski definition) is 4. The van der Waals surface area contributed by atoms with Crippen LogP contribution in [-0.2, 0) is 16.1 Å². The van der Waals surface area contributed by atoms with Crippen LogP contribution in [0.15, 0.2) is 24.3 Å². The number of rotatable bonds is 7. The molecule has 2 rings (SSSR count). The molecule has 1 aromatic rings. The number of nitrogens with zero attached hydrogens (tertiary/aromatic N) is 2. The van der Waals surface area contributed by atoms with Crippen molar-refractivity contribution in [3.8, 4) is 0 Å². The smallest absolute Gasteiger partial charge is 0.317 e. The Morgan fingerprint density at radius 1 is 1.35 bits per heavy atom. The van der Waals surface area contributed by atoms with Gasteiger partial charge in [-0.25, -0.2) is 0 Å². The molecular formula is C19H28ClN3O3. The topological polar surface area (TPSA) is 72.9 Å². The molecule has 2 unspecified atom stereocenters. The first-order chi connectivity index (χ1) is 12.4. The predicted molar refractivity (Wildman–Crippen MR) is 102 cm³/mol. The van der Waals surface area contributed by atoms with Gasteiger partial charge < -0.3 is 10.4 Å². The number of carbonyl (C=O) groups excluding carboxylic acids is 1. The average Bonchev–Trinajstić information content (AvgIpc) is 2.85. The van der Waals surface area contributed by atoms with Crippen molar-refractivity contribution in [1.29, 1.82) is 0 Å². The number of halogens is 1. The molecule has 0 radical (unpaired) electrons. The average molecular weight is 382 g/mol. The fourth-order valence-electron chi connectivity index (χ4n) is 3.41. The molecule has 0 aromatic heterocycles. The Labute approximate surface area is 160 Å². The van der Waals surface area contributed by atoms with E-state index in [0.29, 0.717) is 11.6 Å². The molecule has 0 aliphatic carbocycles. The molecule has 6 nitrogen and oxygen atoms in total. The number of likely N-dealkylation sites (tertiary alicyclic amines) is 1. The minimum atomic E-state index is -0.805. The van der Waals surface area contributed by atoms with Crippen molar-refractivity contribution >= 4 is 23.5 Å². The highest BCUT2D eigenvalue weighted by Gasteiger charge is 2.26. The number of carboxylic acid groups (broad SMARTS) is 1. The van der Waals surface area contributed by atoms with E-state index in [-0.39, 0.29) is 24.5 Å². The van der Waals surface area contributed by atoms with E-state index < -0.39 is 5.97 Å². The van der Waals surface area contributed by atoms with Crippen LogP contribution in [-0.4, -0.2) is 65.5 Å². The van der Waals surface area contributed by atoms with Crippen LogP contribution in [0.4, 0.5) is 0 Å². The Morgan fingerprint density at radius 2 is 2.08 bits per heavy atom. The van der Waals surface area contributed by atoms with Crippen molar-refractivity contribution in [2.45, 2.75) is 44.8 Å². The molecular weight excluding hydrogens is 354 g/mol. The molecule has 1 aliphatic rings. The van der Waals surface area contributed by atoms with Crippen LogP contribution >= 0.6 is 11.6 Å². The molecule has 26 heavy (non-hydrogen) atoms. The lowest BCUT2D eigenvalue weighted by Gasteiger charge is -2.28. The molecule has 1 aliphatic heterocycles. The van der Waals surface area contributed by atoms with Crippen molar-refractivity contribution in [2.75, 3.05) is 26.7 Å². The number of amides is 1. The Hall–Kier alpha value is -1.63. The summed E-state index contributed by atoms with van der Waals surface area (Å²) >= 11 is 6.13. The minimum Gasteiger partial charge on any atom is -0.480 e. The highest BCUT2D eigenvalue weighted by atomic mass is 35.5. The molecule has 1 heterocycles. The van der Waals surface area contributed by atoms with E-state index in [1.807, 2.05) is 43.1 Å². The maximum absolute atomic E-state index is 12.5. The lowest BCUT2D eigenvalue weighted by Crippen LogP contribution is -2.45. The molecule has 144 valence electrons. The third-order valence-electron chi connectivity index (χ3n) is 5.08. The molecule has 0 bridgehead atoms. The fourth-order valence-corrected chi connectivity index (χ4v) is 3.61. The second-order valence-corrected chi connectivity index (χ2v) is 7.32. The third-order valence-corrected chi connectivity index (χ3v) is 5.45. The number of likely N-dealkylation sites (N-methyl/N-ethyl adjacent to an activating group) is 1. The van der Waals surface area contributed by atoms with Gasteiger partial charge in [0, 0.05) is 24.2 Å². The van der Waals surface area contributed by atoms with Gasteiger partial charge in [-0.2, -0.15) is 0 Å². The zero-order chi connectivity index (χ0) is 19.1. The van der Waals surface area contributed by atoms with Crippen LogP contribution in [0.3, 0.4) is 0 Å². The van der Waals surface area contributed by atoms with Crippen LogP contribution in [0.2, 0.25) is 5.02 Å². The van der Waals surface area contributed by atoms with Gasteiger partial charge in [-0.05, 0) is 51.4 Å². The van der Waals surface area contributed by atoms with Crippen LogP contribution in [0.5, 0.6) is 0 Å². The maximum atomic E-state index is 12.5. The van der Waals surface area contributed by atoms with Gasteiger partial charge in [0.25, 0.3) is 0 Å². The first-order valence-corrected chi connectivity index (χ1v) is 9.43. The van der Waals surface area contributed by atoms with E-state index >= 15 is 0 Å². The summed E-state index contributed by atoms with van der Waals surface area (Å²) in [7, 11) is 1.86. The summed E-state index contributed by atoms with van der Waals surface area (Å²) in [5.41, 5.74) is 0.904. The molecule has 1 saturated heterocycles. The first kappa shape index (κ1) is 20.7. The van der Waals surface area contributed by atoms with Gasteiger partial charge in [-0.1, -0.05) is 29.8 Å². The van der Waals surface area contributed by atoms with Crippen molar-refractivity contribution < 1.29 is 14.7 Å². The Morgan fingerprint density at radius 3 is 2.77 bits per heavy atom. The van der Waals surface area contributed by atoms with E-state index in [9.17, 15) is 9.59 Å². The van der Waals surface area contributed by atoms with Crippen molar-refractivity contribution in [3.05, 3.63) is 34.9 Å². The third kappa shape index (κ3) is 5.97. The maximum Gasteiger partial charge on any atom is 0.317 e. The van der Waals surface area contributed by atoms with Crippen molar-refractivity contribution in [2.24, 2.45) is 0 Å². The van der Waals surface area contributed by atoms with Gasteiger partial charge >= 0.3 is 5.97 Å². The van der Waals surface area contributed by atoms with Crippen LogP contribution < -0.4 is 5.32 Å². The predicted octanol–water partition coefficient (Wildman–Crippen LogP) is 2.22. The van der Waals surface area contributed by atoms with Crippen molar-refractivity contribution in [3.63, 3.8) is 0 Å². The lowest BCUT2D eigenvalue weighted by molar-refractivity contribution is -0.138. The minimum absolute atomic E-state index is 0.0118. The molecule has 1 fully saturated rings. The normalized spacial score (nSPS) is 19.8. The Balaban J connectivity index is 1.85. The molecule has 2 atom stereocenters. The molecule has 7 heteroatoms. The van der Waals surface area contributed by atoms with Gasteiger partial charge in [0.1, 0.15) is 0 Å². The zero-order valence-corrected chi connectivity index (χ0v) is 16.2. The SMILES string of the molecule is CC(C(=O)NCc1ccccc1Cl)N1CCCC(N(C)CC(=O)O)CC1. The summed E-state index contributed by atoms with van der Waals surface area (Å²) < 4.78 is 0. The second kappa shape index (κ2) is 9.90. The number of carbonyl (C=O) groups is 2. The van der Waals surface area contributed by atoms with E-state index in [1.54, 1.807) is 0 Å². The number of hydrogen-bond donors (Lipinski definition) is 2. The summed E-state index contributed by atoms with van der Waals surface area (Å²) in [6, 6.07) is 7.51.